The van der Waals surface area contributed by atoms with Crippen molar-refractivity contribution in [2.75, 3.05) is 6.61 Å². The number of esters is 1. The van der Waals surface area contributed by atoms with E-state index in [1.165, 1.54) is 0 Å². The molecule has 0 spiro atoms. The lowest BCUT2D eigenvalue weighted by molar-refractivity contribution is 0.0474. The Hall–Kier alpha value is -4.18. The van der Waals surface area contributed by atoms with Crippen LogP contribution in [-0.4, -0.2) is 18.4 Å². The van der Waals surface area contributed by atoms with Gasteiger partial charge in [0.1, 0.15) is 12.4 Å². The Labute approximate surface area is 187 Å². The lowest BCUT2D eigenvalue weighted by atomic mass is 10.0. The maximum atomic E-state index is 12.4. The second kappa shape index (κ2) is 10.2. The Morgan fingerprint density at radius 3 is 1.81 bits per heavy atom. The van der Waals surface area contributed by atoms with Gasteiger partial charge in [-0.15, -0.1) is 0 Å². The zero-order valence-corrected chi connectivity index (χ0v) is 17.4. The fourth-order valence-corrected chi connectivity index (χ4v) is 3.21. The normalized spacial score (nSPS) is 10.4. The van der Waals surface area contributed by atoms with Crippen molar-refractivity contribution >= 4 is 11.8 Å². The molecule has 4 aromatic carbocycles. The van der Waals surface area contributed by atoms with Gasteiger partial charge in [0.2, 0.25) is 0 Å². The second-order valence-corrected chi connectivity index (χ2v) is 7.24. The standard InChI is InChI=1S/C28H22O4/c29-27(24-13-11-23(12-14-24)22-9-5-2-6-10-22)20-32-28(30)25-15-17-26(18-16-25)31-19-21-7-3-1-4-8-21/h1-18H,19-20H2. The molecule has 0 aliphatic heterocycles. The number of Topliss-reactive ketones (excluding diaryl/α,β-unsaturated/α-hetero) is 1. The minimum Gasteiger partial charge on any atom is -0.489 e. The zero-order valence-electron chi connectivity index (χ0n) is 17.4. The fourth-order valence-electron chi connectivity index (χ4n) is 3.21. The molecule has 158 valence electrons. The minimum absolute atomic E-state index is 0.249. The molecular formula is C28H22O4. The predicted octanol–water partition coefficient (Wildman–Crippen LogP) is 5.97. The van der Waals surface area contributed by atoms with Crippen LogP contribution in [0.1, 0.15) is 26.3 Å². The van der Waals surface area contributed by atoms with Crippen molar-refractivity contribution in [3.05, 3.63) is 126 Å². The summed E-state index contributed by atoms with van der Waals surface area (Å²) in [5, 5.41) is 0. The first-order chi connectivity index (χ1) is 15.7. The molecule has 0 bridgehead atoms. The fraction of sp³-hybridized carbons (Fsp3) is 0.0714. The first kappa shape index (κ1) is 21.1. The Balaban J connectivity index is 1.29. The third-order valence-electron chi connectivity index (χ3n) is 4.99. The molecule has 0 amide bonds. The Kier molecular flexibility index (Phi) is 6.73. The summed E-state index contributed by atoms with van der Waals surface area (Å²) < 4.78 is 10.9. The van der Waals surface area contributed by atoms with Crippen molar-refractivity contribution in [3.8, 4) is 16.9 Å². The lowest BCUT2D eigenvalue weighted by Gasteiger charge is -2.08. The van der Waals surface area contributed by atoms with Crippen LogP contribution in [0.4, 0.5) is 0 Å². The molecule has 0 saturated carbocycles. The highest BCUT2D eigenvalue weighted by Gasteiger charge is 2.12. The van der Waals surface area contributed by atoms with Gasteiger partial charge >= 0.3 is 5.97 Å². The van der Waals surface area contributed by atoms with E-state index >= 15 is 0 Å². The van der Waals surface area contributed by atoms with Crippen molar-refractivity contribution in [2.24, 2.45) is 0 Å². The molecular weight excluding hydrogens is 400 g/mol. The molecule has 0 aliphatic rings. The van der Waals surface area contributed by atoms with E-state index < -0.39 is 5.97 Å². The smallest absolute Gasteiger partial charge is 0.338 e. The van der Waals surface area contributed by atoms with Gasteiger partial charge in [0.05, 0.1) is 5.56 Å². The van der Waals surface area contributed by atoms with Crippen molar-refractivity contribution in [1.29, 1.82) is 0 Å². The lowest BCUT2D eigenvalue weighted by Crippen LogP contribution is -2.14. The summed E-state index contributed by atoms with van der Waals surface area (Å²) in [6, 6.07) is 33.7. The van der Waals surface area contributed by atoms with Gasteiger partial charge in [0.25, 0.3) is 0 Å². The van der Waals surface area contributed by atoms with Crippen LogP contribution >= 0.6 is 0 Å². The van der Waals surface area contributed by atoms with Crippen LogP contribution in [-0.2, 0) is 11.3 Å². The number of ether oxygens (including phenoxy) is 2. The average Bonchev–Trinajstić information content (AvgIpc) is 2.87. The molecule has 0 fully saturated rings. The van der Waals surface area contributed by atoms with Crippen molar-refractivity contribution < 1.29 is 19.1 Å². The molecule has 0 saturated heterocycles. The molecule has 4 rings (SSSR count). The molecule has 32 heavy (non-hydrogen) atoms. The van der Waals surface area contributed by atoms with Gasteiger partial charge in [0.15, 0.2) is 12.4 Å². The van der Waals surface area contributed by atoms with E-state index in [0.29, 0.717) is 23.5 Å². The van der Waals surface area contributed by atoms with E-state index in [9.17, 15) is 9.59 Å². The largest absolute Gasteiger partial charge is 0.489 e. The van der Waals surface area contributed by atoms with Crippen molar-refractivity contribution in [3.63, 3.8) is 0 Å². The minimum atomic E-state index is -0.547. The van der Waals surface area contributed by atoms with E-state index in [0.717, 1.165) is 16.7 Å². The maximum Gasteiger partial charge on any atom is 0.338 e. The number of hydrogen-bond acceptors (Lipinski definition) is 4. The first-order valence-electron chi connectivity index (χ1n) is 10.3. The molecule has 0 radical (unpaired) electrons. The van der Waals surface area contributed by atoms with Crippen LogP contribution in [0, 0.1) is 0 Å². The molecule has 0 aliphatic carbocycles. The van der Waals surface area contributed by atoms with Crippen molar-refractivity contribution in [2.45, 2.75) is 6.61 Å². The van der Waals surface area contributed by atoms with Gasteiger partial charge in [-0.1, -0.05) is 84.9 Å². The summed E-state index contributed by atoms with van der Waals surface area (Å²) in [4.78, 5) is 24.7. The summed E-state index contributed by atoms with van der Waals surface area (Å²) >= 11 is 0. The third-order valence-corrected chi connectivity index (χ3v) is 4.99. The topological polar surface area (TPSA) is 52.6 Å². The summed E-state index contributed by atoms with van der Waals surface area (Å²) in [6.45, 7) is 0.137. The second-order valence-electron chi connectivity index (χ2n) is 7.24. The van der Waals surface area contributed by atoms with Gasteiger partial charge in [0, 0.05) is 5.56 Å². The molecule has 0 heterocycles. The quantitative estimate of drug-likeness (QED) is 0.259. The molecule has 4 heteroatoms. The SMILES string of the molecule is O=C(COC(=O)c1ccc(OCc2ccccc2)cc1)c1ccc(-c2ccccc2)cc1. The number of hydrogen-bond donors (Lipinski definition) is 0. The average molecular weight is 422 g/mol. The van der Waals surface area contributed by atoms with Crippen LogP contribution in [0.25, 0.3) is 11.1 Å². The third kappa shape index (κ3) is 5.49. The monoisotopic (exact) mass is 422 g/mol. The van der Waals surface area contributed by atoms with E-state index in [2.05, 4.69) is 0 Å². The Bertz CT molecular complexity index is 1170. The highest BCUT2D eigenvalue weighted by atomic mass is 16.5. The number of benzene rings is 4. The van der Waals surface area contributed by atoms with E-state index in [1.807, 2.05) is 72.8 Å². The highest BCUT2D eigenvalue weighted by molar-refractivity contribution is 5.99. The maximum absolute atomic E-state index is 12.4. The van der Waals surface area contributed by atoms with Gasteiger partial charge in [-0.25, -0.2) is 4.79 Å². The molecule has 0 N–H and O–H groups in total. The number of ketones is 1. The summed E-state index contributed by atoms with van der Waals surface area (Å²) in [7, 11) is 0. The van der Waals surface area contributed by atoms with Gasteiger partial charge in [-0.3, -0.25) is 4.79 Å². The first-order valence-corrected chi connectivity index (χ1v) is 10.3. The zero-order chi connectivity index (χ0) is 22.2. The molecule has 0 aromatic heterocycles. The number of carbonyl (C=O) groups excluding carboxylic acids is 2. The summed E-state index contributed by atoms with van der Waals surface area (Å²) in [6.07, 6.45) is 0. The van der Waals surface area contributed by atoms with Crippen LogP contribution < -0.4 is 4.74 Å². The number of rotatable bonds is 8. The molecule has 0 unspecified atom stereocenters. The van der Waals surface area contributed by atoms with Gasteiger partial charge < -0.3 is 9.47 Å². The number of carbonyl (C=O) groups is 2. The molecule has 0 atom stereocenters. The van der Waals surface area contributed by atoms with Crippen LogP contribution in [0.15, 0.2) is 109 Å². The van der Waals surface area contributed by atoms with Crippen LogP contribution in [0.2, 0.25) is 0 Å². The Morgan fingerprint density at radius 1 is 0.594 bits per heavy atom. The Morgan fingerprint density at radius 2 is 1.16 bits per heavy atom. The van der Waals surface area contributed by atoms with Gasteiger partial charge in [-0.2, -0.15) is 0 Å². The van der Waals surface area contributed by atoms with Crippen molar-refractivity contribution in [1.82, 2.24) is 0 Å². The van der Waals surface area contributed by atoms with E-state index in [4.69, 9.17) is 9.47 Å². The van der Waals surface area contributed by atoms with E-state index in [1.54, 1.807) is 36.4 Å². The molecule has 4 aromatic rings. The highest BCUT2D eigenvalue weighted by Crippen LogP contribution is 2.20. The summed E-state index contributed by atoms with van der Waals surface area (Å²) in [5.41, 5.74) is 4.03. The van der Waals surface area contributed by atoms with E-state index in [-0.39, 0.29) is 12.4 Å². The summed E-state index contributed by atoms with van der Waals surface area (Å²) in [5.74, 6) is -0.144. The molecule has 4 nitrogen and oxygen atoms in total. The van der Waals surface area contributed by atoms with Crippen LogP contribution in [0.3, 0.4) is 0 Å². The predicted molar refractivity (Wildman–Crippen MR) is 124 cm³/mol. The van der Waals surface area contributed by atoms with Gasteiger partial charge in [-0.05, 0) is 41.0 Å². The van der Waals surface area contributed by atoms with Crippen LogP contribution in [0.5, 0.6) is 5.75 Å².